The van der Waals surface area contributed by atoms with Crippen molar-refractivity contribution in [3.63, 3.8) is 0 Å². The van der Waals surface area contributed by atoms with E-state index in [0.29, 0.717) is 17.1 Å². The maximum absolute atomic E-state index is 12.3. The van der Waals surface area contributed by atoms with Gasteiger partial charge in [0, 0.05) is 30.7 Å². The maximum atomic E-state index is 12.3. The predicted octanol–water partition coefficient (Wildman–Crippen LogP) is 3.38. The van der Waals surface area contributed by atoms with Crippen molar-refractivity contribution >= 4 is 33.2 Å². The molecule has 2 rings (SSSR count). The quantitative estimate of drug-likeness (QED) is 0.816. The summed E-state index contributed by atoms with van der Waals surface area (Å²) in [5.41, 5.74) is 0.662. The van der Waals surface area contributed by atoms with Crippen molar-refractivity contribution in [2.45, 2.75) is 17.7 Å². The van der Waals surface area contributed by atoms with Crippen LogP contribution in [0.1, 0.15) is 12.8 Å². The van der Waals surface area contributed by atoms with E-state index in [9.17, 15) is 13.2 Å². The van der Waals surface area contributed by atoms with Crippen molar-refractivity contribution < 1.29 is 13.2 Å². The first-order valence-corrected chi connectivity index (χ1v) is 9.28. The molecule has 0 unspecified atom stereocenters. The van der Waals surface area contributed by atoms with Gasteiger partial charge in [-0.3, -0.25) is 4.79 Å². The summed E-state index contributed by atoms with van der Waals surface area (Å²) < 4.78 is 25.9. The number of amides is 1. The summed E-state index contributed by atoms with van der Waals surface area (Å²) in [6, 6.07) is 15.0. The number of benzene rings is 2. The van der Waals surface area contributed by atoms with Gasteiger partial charge in [0.2, 0.25) is 15.9 Å². The van der Waals surface area contributed by atoms with Crippen LogP contribution in [0.3, 0.4) is 0 Å². The molecular formula is C17H19ClN2O3S. The minimum atomic E-state index is -3.51. The van der Waals surface area contributed by atoms with Crippen molar-refractivity contribution in [1.82, 2.24) is 4.31 Å². The standard InChI is InChI=1S/C17H19ClN2O3S/c1-20(24(22,23)16-6-3-2-4-7-16)13-5-8-17(21)19-15-11-9-14(18)10-12-15/h2-4,6-7,9-12H,5,8,13H2,1H3,(H,19,21). The first-order chi connectivity index (χ1) is 11.4. The molecular weight excluding hydrogens is 348 g/mol. The second-order valence-electron chi connectivity index (χ2n) is 5.30. The summed E-state index contributed by atoms with van der Waals surface area (Å²) in [6.07, 6.45) is 0.666. The molecule has 1 N–H and O–H groups in total. The number of carbonyl (C=O) groups is 1. The largest absolute Gasteiger partial charge is 0.326 e. The summed E-state index contributed by atoms with van der Waals surface area (Å²) >= 11 is 5.78. The fourth-order valence-electron chi connectivity index (χ4n) is 2.11. The van der Waals surface area contributed by atoms with E-state index in [-0.39, 0.29) is 23.8 Å². The topological polar surface area (TPSA) is 66.5 Å². The SMILES string of the molecule is CN(CCCC(=O)Nc1ccc(Cl)cc1)S(=O)(=O)c1ccccc1. The van der Waals surface area contributed by atoms with Gasteiger partial charge in [0.25, 0.3) is 0 Å². The van der Waals surface area contributed by atoms with Gasteiger partial charge in [-0.15, -0.1) is 0 Å². The summed E-state index contributed by atoms with van der Waals surface area (Å²) in [7, 11) is -2.00. The van der Waals surface area contributed by atoms with E-state index in [1.807, 2.05) is 0 Å². The zero-order valence-electron chi connectivity index (χ0n) is 13.3. The van der Waals surface area contributed by atoms with Gasteiger partial charge in [0.05, 0.1) is 4.90 Å². The van der Waals surface area contributed by atoms with Gasteiger partial charge < -0.3 is 5.32 Å². The first kappa shape index (κ1) is 18.4. The van der Waals surface area contributed by atoms with Crippen LogP contribution in [0.4, 0.5) is 5.69 Å². The summed E-state index contributed by atoms with van der Waals surface area (Å²) in [5.74, 6) is -0.164. The van der Waals surface area contributed by atoms with Crippen LogP contribution in [-0.4, -0.2) is 32.2 Å². The average molecular weight is 367 g/mol. The summed E-state index contributed by atoms with van der Waals surface area (Å²) in [5, 5.41) is 3.35. The van der Waals surface area contributed by atoms with E-state index in [1.54, 1.807) is 54.6 Å². The van der Waals surface area contributed by atoms with E-state index in [0.717, 1.165) is 0 Å². The number of rotatable bonds is 7. The highest BCUT2D eigenvalue weighted by Gasteiger charge is 2.19. The molecule has 0 bridgehead atoms. The molecule has 5 nitrogen and oxygen atoms in total. The average Bonchev–Trinajstić information content (AvgIpc) is 2.57. The Balaban J connectivity index is 1.83. The molecule has 0 aliphatic carbocycles. The van der Waals surface area contributed by atoms with Crippen molar-refractivity contribution in [2.24, 2.45) is 0 Å². The third-order valence-electron chi connectivity index (χ3n) is 3.46. The van der Waals surface area contributed by atoms with E-state index in [2.05, 4.69) is 5.32 Å². The van der Waals surface area contributed by atoms with E-state index in [1.165, 1.54) is 11.4 Å². The van der Waals surface area contributed by atoms with Crippen LogP contribution in [0.5, 0.6) is 0 Å². The van der Waals surface area contributed by atoms with Crippen molar-refractivity contribution in [1.29, 1.82) is 0 Å². The van der Waals surface area contributed by atoms with Gasteiger partial charge in [-0.1, -0.05) is 29.8 Å². The third kappa shape index (κ3) is 5.06. The fourth-order valence-corrected chi connectivity index (χ4v) is 3.47. The zero-order chi connectivity index (χ0) is 17.6. The third-order valence-corrected chi connectivity index (χ3v) is 5.58. The molecule has 0 radical (unpaired) electrons. The molecule has 2 aromatic carbocycles. The van der Waals surface area contributed by atoms with E-state index in [4.69, 9.17) is 11.6 Å². The molecule has 0 atom stereocenters. The molecule has 0 aliphatic heterocycles. The molecule has 1 amide bonds. The van der Waals surface area contributed by atoms with Crippen molar-refractivity contribution in [2.75, 3.05) is 18.9 Å². The van der Waals surface area contributed by atoms with Gasteiger partial charge in [0.15, 0.2) is 0 Å². The highest BCUT2D eigenvalue weighted by molar-refractivity contribution is 7.89. The van der Waals surface area contributed by atoms with Gasteiger partial charge in [-0.25, -0.2) is 12.7 Å². The number of hydrogen-bond donors (Lipinski definition) is 1. The lowest BCUT2D eigenvalue weighted by Crippen LogP contribution is -2.28. The predicted molar refractivity (Wildman–Crippen MR) is 95.6 cm³/mol. The molecule has 0 aromatic heterocycles. The Kier molecular flexibility index (Phi) is 6.36. The number of halogens is 1. The van der Waals surface area contributed by atoms with Crippen LogP contribution in [0.15, 0.2) is 59.5 Å². The van der Waals surface area contributed by atoms with Crippen molar-refractivity contribution in [3.05, 3.63) is 59.6 Å². The number of carbonyl (C=O) groups excluding carboxylic acids is 1. The van der Waals surface area contributed by atoms with Gasteiger partial charge >= 0.3 is 0 Å². The van der Waals surface area contributed by atoms with Gasteiger partial charge in [-0.05, 0) is 42.8 Å². The normalized spacial score (nSPS) is 11.5. The first-order valence-electron chi connectivity index (χ1n) is 7.46. The number of anilines is 1. The lowest BCUT2D eigenvalue weighted by atomic mass is 10.2. The van der Waals surface area contributed by atoms with E-state index >= 15 is 0 Å². The van der Waals surface area contributed by atoms with Crippen LogP contribution < -0.4 is 5.32 Å². The fraction of sp³-hybridized carbons (Fsp3) is 0.235. The van der Waals surface area contributed by atoms with Crippen LogP contribution in [0.25, 0.3) is 0 Å². The number of nitrogens with zero attached hydrogens (tertiary/aromatic N) is 1. The molecule has 0 saturated heterocycles. The molecule has 0 fully saturated rings. The summed E-state index contributed by atoms with van der Waals surface area (Å²) in [6.45, 7) is 0.269. The second kappa shape index (κ2) is 8.28. The Labute approximate surface area is 147 Å². The number of sulfonamides is 1. The lowest BCUT2D eigenvalue weighted by molar-refractivity contribution is -0.116. The Morgan fingerprint density at radius 3 is 2.33 bits per heavy atom. The molecule has 128 valence electrons. The van der Waals surface area contributed by atoms with Crippen LogP contribution in [-0.2, 0) is 14.8 Å². The highest BCUT2D eigenvalue weighted by Crippen LogP contribution is 2.15. The van der Waals surface area contributed by atoms with Gasteiger partial charge in [0.1, 0.15) is 0 Å². The van der Waals surface area contributed by atoms with Crippen molar-refractivity contribution in [3.8, 4) is 0 Å². The van der Waals surface area contributed by atoms with Gasteiger partial charge in [-0.2, -0.15) is 0 Å². The molecule has 0 aliphatic rings. The Morgan fingerprint density at radius 1 is 1.08 bits per heavy atom. The highest BCUT2D eigenvalue weighted by atomic mass is 35.5. The minimum Gasteiger partial charge on any atom is -0.326 e. The lowest BCUT2D eigenvalue weighted by Gasteiger charge is -2.17. The molecule has 7 heteroatoms. The minimum absolute atomic E-state index is 0.164. The Bertz CT molecular complexity index is 777. The Morgan fingerprint density at radius 2 is 1.71 bits per heavy atom. The zero-order valence-corrected chi connectivity index (χ0v) is 14.8. The molecule has 0 spiro atoms. The van der Waals surface area contributed by atoms with Crippen LogP contribution in [0.2, 0.25) is 5.02 Å². The summed E-state index contributed by atoms with van der Waals surface area (Å²) in [4.78, 5) is 12.1. The Hall–Kier alpha value is -1.89. The molecule has 2 aromatic rings. The maximum Gasteiger partial charge on any atom is 0.242 e. The monoisotopic (exact) mass is 366 g/mol. The van der Waals surface area contributed by atoms with Crippen LogP contribution >= 0.6 is 11.6 Å². The smallest absolute Gasteiger partial charge is 0.242 e. The second-order valence-corrected chi connectivity index (χ2v) is 7.78. The number of nitrogens with one attached hydrogen (secondary N) is 1. The van der Waals surface area contributed by atoms with Crippen LogP contribution in [0, 0.1) is 0 Å². The van der Waals surface area contributed by atoms with E-state index < -0.39 is 10.0 Å². The molecule has 0 heterocycles. The molecule has 0 saturated carbocycles. The molecule has 24 heavy (non-hydrogen) atoms. The number of hydrogen-bond acceptors (Lipinski definition) is 3.